The average Bonchev–Trinajstić information content (AvgIpc) is 2.88. The number of benzene rings is 2. The summed E-state index contributed by atoms with van der Waals surface area (Å²) in [5, 5.41) is 13.9. The molecule has 3 rings (SSSR count). The lowest BCUT2D eigenvalue weighted by atomic mass is 9.98. The molecule has 0 spiro atoms. The molecule has 192 valence electrons. The molecular weight excluding hydrogens is 464 g/mol. The Hall–Kier alpha value is -3.95. The lowest BCUT2D eigenvalue weighted by Crippen LogP contribution is -2.34. The van der Waals surface area contributed by atoms with Gasteiger partial charge < -0.3 is 19.9 Å². The first kappa shape index (κ1) is 26.7. The zero-order valence-corrected chi connectivity index (χ0v) is 20.9. The molecular formula is C26H32N4O6. The maximum atomic E-state index is 12.9. The van der Waals surface area contributed by atoms with E-state index in [2.05, 4.69) is 12.2 Å². The average molecular weight is 497 g/mol. The minimum absolute atomic E-state index is 0.0540. The molecule has 0 aliphatic carbocycles. The lowest BCUT2D eigenvalue weighted by molar-refractivity contribution is -0.384. The number of nitro groups is 1. The fourth-order valence-corrected chi connectivity index (χ4v) is 4.16. The number of hydrogen-bond acceptors (Lipinski definition) is 7. The monoisotopic (exact) mass is 496 g/mol. The largest absolute Gasteiger partial charge is 0.452 e. The number of piperidine rings is 1. The van der Waals surface area contributed by atoms with E-state index in [0.29, 0.717) is 35.9 Å². The molecule has 0 saturated carbocycles. The Morgan fingerprint density at radius 1 is 1.11 bits per heavy atom. The fraction of sp³-hybridized carbons (Fsp3) is 0.423. The molecule has 1 aliphatic heterocycles. The van der Waals surface area contributed by atoms with Crippen molar-refractivity contribution in [2.75, 3.05) is 43.0 Å². The molecule has 0 radical (unpaired) electrons. The molecule has 1 aliphatic rings. The first-order valence-corrected chi connectivity index (χ1v) is 12.1. The second-order valence-electron chi connectivity index (χ2n) is 8.81. The highest BCUT2D eigenvalue weighted by atomic mass is 16.6. The molecule has 0 bridgehead atoms. The van der Waals surface area contributed by atoms with Gasteiger partial charge in [-0.1, -0.05) is 13.0 Å². The van der Waals surface area contributed by atoms with E-state index in [1.807, 2.05) is 18.7 Å². The van der Waals surface area contributed by atoms with E-state index >= 15 is 0 Å². The van der Waals surface area contributed by atoms with Crippen LogP contribution in [0, 0.1) is 16.0 Å². The van der Waals surface area contributed by atoms with Crippen LogP contribution in [0.3, 0.4) is 0 Å². The summed E-state index contributed by atoms with van der Waals surface area (Å²) in [5.74, 6) is -0.977. The number of amides is 2. The Morgan fingerprint density at radius 3 is 2.44 bits per heavy atom. The van der Waals surface area contributed by atoms with Crippen molar-refractivity contribution in [1.82, 2.24) is 4.90 Å². The van der Waals surface area contributed by atoms with Crippen molar-refractivity contribution in [2.45, 2.75) is 33.6 Å². The summed E-state index contributed by atoms with van der Waals surface area (Å²) in [6.45, 7) is 7.95. The van der Waals surface area contributed by atoms with Crippen LogP contribution in [0.5, 0.6) is 0 Å². The molecule has 0 aromatic heterocycles. The number of carbonyl (C=O) groups is 3. The Kier molecular flexibility index (Phi) is 8.99. The summed E-state index contributed by atoms with van der Waals surface area (Å²) in [6.07, 6.45) is 1.90. The minimum Gasteiger partial charge on any atom is -0.452 e. The van der Waals surface area contributed by atoms with E-state index < -0.39 is 23.4 Å². The van der Waals surface area contributed by atoms with Crippen molar-refractivity contribution < 1.29 is 24.0 Å². The van der Waals surface area contributed by atoms with Gasteiger partial charge >= 0.3 is 5.97 Å². The number of nitro benzene ring substituents is 1. The van der Waals surface area contributed by atoms with E-state index in [0.717, 1.165) is 25.9 Å². The standard InChI is InChI=1S/C26H32N4O6/c1-4-28(5-2)25(32)19-7-6-8-20(15-19)27-24(31)17-36-26(33)22-16-21(30(34)35)9-10-23(22)29-13-11-18(3)12-14-29/h6-10,15-16,18H,4-5,11-14,17H2,1-3H3,(H,27,31). The van der Waals surface area contributed by atoms with Crippen molar-refractivity contribution in [3.05, 3.63) is 63.7 Å². The predicted molar refractivity (Wildman–Crippen MR) is 136 cm³/mol. The first-order chi connectivity index (χ1) is 17.2. The molecule has 1 saturated heterocycles. The van der Waals surface area contributed by atoms with Gasteiger partial charge in [-0.25, -0.2) is 4.79 Å². The third kappa shape index (κ3) is 6.59. The van der Waals surface area contributed by atoms with Crippen LogP contribution in [0.1, 0.15) is 54.3 Å². The van der Waals surface area contributed by atoms with E-state index in [1.165, 1.54) is 12.1 Å². The van der Waals surface area contributed by atoms with Gasteiger partial charge in [0.1, 0.15) is 0 Å². The number of hydrogen-bond donors (Lipinski definition) is 1. The van der Waals surface area contributed by atoms with Crippen LogP contribution in [-0.4, -0.2) is 60.4 Å². The Balaban J connectivity index is 1.68. The van der Waals surface area contributed by atoms with Gasteiger partial charge in [0.25, 0.3) is 17.5 Å². The normalized spacial score (nSPS) is 13.7. The van der Waals surface area contributed by atoms with Gasteiger partial charge in [-0.2, -0.15) is 0 Å². The van der Waals surface area contributed by atoms with Crippen LogP contribution in [0.15, 0.2) is 42.5 Å². The molecule has 1 N–H and O–H groups in total. The Bertz CT molecular complexity index is 1120. The van der Waals surface area contributed by atoms with Crippen molar-refractivity contribution in [2.24, 2.45) is 5.92 Å². The minimum atomic E-state index is -0.812. The Labute approximate surface area is 210 Å². The van der Waals surface area contributed by atoms with Gasteiger partial charge in [0.2, 0.25) is 0 Å². The number of esters is 1. The van der Waals surface area contributed by atoms with E-state index in [4.69, 9.17) is 4.74 Å². The summed E-state index contributed by atoms with van der Waals surface area (Å²) in [6, 6.07) is 10.6. The number of nitrogens with one attached hydrogen (secondary N) is 1. The second-order valence-corrected chi connectivity index (χ2v) is 8.81. The van der Waals surface area contributed by atoms with Gasteiger partial charge in [0.05, 0.1) is 16.2 Å². The molecule has 2 amide bonds. The van der Waals surface area contributed by atoms with Crippen LogP contribution in [-0.2, 0) is 9.53 Å². The number of anilines is 2. The van der Waals surface area contributed by atoms with Crippen LogP contribution in [0.25, 0.3) is 0 Å². The zero-order valence-electron chi connectivity index (χ0n) is 20.9. The third-order valence-corrected chi connectivity index (χ3v) is 6.31. The molecule has 2 aromatic carbocycles. The maximum absolute atomic E-state index is 12.9. The fourth-order valence-electron chi connectivity index (χ4n) is 4.16. The summed E-state index contributed by atoms with van der Waals surface area (Å²) >= 11 is 0. The highest BCUT2D eigenvalue weighted by molar-refractivity contribution is 6.00. The number of non-ortho nitro benzene ring substituents is 1. The Morgan fingerprint density at radius 2 is 1.81 bits per heavy atom. The smallest absolute Gasteiger partial charge is 0.341 e. The number of nitrogens with zero attached hydrogens (tertiary/aromatic N) is 3. The second kappa shape index (κ2) is 12.1. The molecule has 10 heteroatoms. The highest BCUT2D eigenvalue weighted by Crippen LogP contribution is 2.30. The van der Waals surface area contributed by atoms with Gasteiger partial charge in [-0.05, 0) is 56.9 Å². The number of carbonyl (C=O) groups excluding carboxylic acids is 3. The molecule has 2 aromatic rings. The summed E-state index contributed by atoms with van der Waals surface area (Å²) in [5.41, 5.74) is 1.22. The van der Waals surface area contributed by atoms with E-state index in [1.54, 1.807) is 35.2 Å². The summed E-state index contributed by atoms with van der Waals surface area (Å²) < 4.78 is 5.22. The molecule has 36 heavy (non-hydrogen) atoms. The third-order valence-electron chi connectivity index (χ3n) is 6.31. The van der Waals surface area contributed by atoms with Gasteiger partial charge in [-0.15, -0.1) is 0 Å². The van der Waals surface area contributed by atoms with E-state index in [-0.39, 0.29) is 17.2 Å². The molecule has 1 heterocycles. The van der Waals surface area contributed by atoms with Gasteiger partial charge in [0, 0.05) is 49.6 Å². The highest BCUT2D eigenvalue weighted by Gasteiger charge is 2.25. The van der Waals surface area contributed by atoms with Crippen LogP contribution in [0.4, 0.5) is 17.1 Å². The van der Waals surface area contributed by atoms with Crippen molar-refractivity contribution in [3.8, 4) is 0 Å². The van der Waals surface area contributed by atoms with Crippen molar-refractivity contribution in [3.63, 3.8) is 0 Å². The summed E-state index contributed by atoms with van der Waals surface area (Å²) in [4.78, 5) is 52.3. The molecule has 0 atom stereocenters. The van der Waals surface area contributed by atoms with Crippen molar-refractivity contribution >= 4 is 34.8 Å². The molecule has 1 fully saturated rings. The predicted octanol–water partition coefficient (Wildman–Crippen LogP) is 4.11. The zero-order chi connectivity index (χ0) is 26.2. The van der Waals surface area contributed by atoms with E-state index in [9.17, 15) is 24.5 Å². The van der Waals surface area contributed by atoms with Crippen LogP contribution in [0.2, 0.25) is 0 Å². The van der Waals surface area contributed by atoms with Crippen LogP contribution < -0.4 is 10.2 Å². The topological polar surface area (TPSA) is 122 Å². The number of rotatable bonds is 9. The molecule has 0 unspecified atom stereocenters. The van der Waals surface area contributed by atoms with Crippen LogP contribution >= 0.6 is 0 Å². The first-order valence-electron chi connectivity index (χ1n) is 12.1. The SMILES string of the molecule is CCN(CC)C(=O)c1cccc(NC(=O)COC(=O)c2cc([N+](=O)[O-])ccc2N2CCC(C)CC2)c1. The maximum Gasteiger partial charge on any atom is 0.341 e. The lowest BCUT2D eigenvalue weighted by Gasteiger charge is -2.33. The quantitative estimate of drug-likeness (QED) is 0.315. The van der Waals surface area contributed by atoms with Gasteiger partial charge in [0.15, 0.2) is 6.61 Å². The summed E-state index contributed by atoms with van der Waals surface area (Å²) in [7, 11) is 0. The molecule has 10 nitrogen and oxygen atoms in total. The van der Waals surface area contributed by atoms with Crippen molar-refractivity contribution in [1.29, 1.82) is 0 Å². The number of ether oxygens (including phenoxy) is 1. The van der Waals surface area contributed by atoms with Gasteiger partial charge in [-0.3, -0.25) is 19.7 Å².